The third kappa shape index (κ3) is 5.34. The number of amides is 2. The lowest BCUT2D eigenvalue weighted by Crippen LogP contribution is -2.24. The molecule has 0 aliphatic rings. The first-order valence-corrected chi connectivity index (χ1v) is 6.88. The molecule has 0 saturated heterocycles. The molecule has 0 saturated carbocycles. The molecule has 0 aliphatic carbocycles. The number of carbonyl (C=O) groups excluding carboxylic acids is 1. The number of rotatable bonds is 5. The zero-order chi connectivity index (χ0) is 15.8. The third-order valence-corrected chi connectivity index (χ3v) is 2.76. The Balaban J connectivity index is 1.83. The summed E-state index contributed by atoms with van der Waals surface area (Å²) in [6, 6.07) is 12.8. The Morgan fingerprint density at radius 1 is 1.23 bits per heavy atom. The van der Waals surface area contributed by atoms with Crippen molar-refractivity contribution in [3.63, 3.8) is 0 Å². The van der Waals surface area contributed by atoms with Crippen LogP contribution < -0.4 is 10.7 Å². The number of hydrazone groups is 1. The van der Waals surface area contributed by atoms with E-state index in [1.807, 2.05) is 50.5 Å². The molecule has 0 spiro atoms. The summed E-state index contributed by atoms with van der Waals surface area (Å²) in [5.41, 5.74) is 4.97. The highest BCUT2D eigenvalue weighted by molar-refractivity contribution is 5.90. The van der Waals surface area contributed by atoms with Crippen LogP contribution in [0.5, 0.6) is 0 Å². The minimum atomic E-state index is -0.396. The molecule has 2 rings (SSSR count). The van der Waals surface area contributed by atoms with E-state index < -0.39 is 6.03 Å². The molecule has 6 nitrogen and oxygen atoms in total. The molecule has 114 valence electrons. The van der Waals surface area contributed by atoms with Gasteiger partial charge >= 0.3 is 6.03 Å². The minimum absolute atomic E-state index is 0.396. The van der Waals surface area contributed by atoms with Crippen molar-refractivity contribution in [1.29, 1.82) is 0 Å². The molecule has 2 aromatic rings. The van der Waals surface area contributed by atoms with Crippen molar-refractivity contribution < 1.29 is 4.79 Å². The molecule has 0 bridgehead atoms. The molecule has 1 heterocycles. The van der Waals surface area contributed by atoms with E-state index >= 15 is 0 Å². The molecular formula is C16H19N5O. The van der Waals surface area contributed by atoms with Crippen LogP contribution in [0.3, 0.4) is 0 Å². The molecule has 1 aromatic carbocycles. The van der Waals surface area contributed by atoms with E-state index in [1.54, 1.807) is 12.3 Å². The van der Waals surface area contributed by atoms with Crippen LogP contribution >= 0.6 is 0 Å². The van der Waals surface area contributed by atoms with Gasteiger partial charge in [-0.15, -0.1) is 0 Å². The summed E-state index contributed by atoms with van der Waals surface area (Å²) in [6.07, 6.45) is 3.15. The van der Waals surface area contributed by atoms with Crippen LogP contribution in [0.1, 0.15) is 11.3 Å². The number of aromatic nitrogens is 1. The monoisotopic (exact) mass is 297 g/mol. The SMILES string of the molecule is CN(C)Cc1ccc(NC(=O)N/N=C/c2ccccn2)cc1. The van der Waals surface area contributed by atoms with Crippen LogP contribution in [0.15, 0.2) is 53.8 Å². The van der Waals surface area contributed by atoms with Crippen LogP contribution in [0.4, 0.5) is 10.5 Å². The fourth-order valence-electron chi connectivity index (χ4n) is 1.83. The average molecular weight is 297 g/mol. The van der Waals surface area contributed by atoms with Crippen molar-refractivity contribution in [2.24, 2.45) is 5.10 Å². The summed E-state index contributed by atoms with van der Waals surface area (Å²) in [5, 5.41) is 6.55. The van der Waals surface area contributed by atoms with Crippen molar-refractivity contribution in [2.45, 2.75) is 6.54 Å². The molecular weight excluding hydrogens is 278 g/mol. The summed E-state index contributed by atoms with van der Waals surface area (Å²) in [7, 11) is 4.03. The zero-order valence-corrected chi connectivity index (χ0v) is 12.7. The Morgan fingerprint density at radius 2 is 2.00 bits per heavy atom. The van der Waals surface area contributed by atoms with Crippen LogP contribution in [0.25, 0.3) is 0 Å². The molecule has 22 heavy (non-hydrogen) atoms. The number of nitrogens with one attached hydrogen (secondary N) is 2. The molecule has 6 heteroatoms. The summed E-state index contributed by atoms with van der Waals surface area (Å²) in [4.78, 5) is 17.9. The van der Waals surface area contributed by atoms with Gasteiger partial charge in [-0.25, -0.2) is 10.2 Å². The summed E-state index contributed by atoms with van der Waals surface area (Å²) < 4.78 is 0. The van der Waals surface area contributed by atoms with Gasteiger partial charge in [-0.05, 0) is 43.9 Å². The van der Waals surface area contributed by atoms with E-state index in [1.165, 1.54) is 11.8 Å². The van der Waals surface area contributed by atoms with Crippen molar-refractivity contribution >= 4 is 17.9 Å². The number of benzene rings is 1. The predicted molar refractivity (Wildman–Crippen MR) is 87.8 cm³/mol. The van der Waals surface area contributed by atoms with E-state index in [4.69, 9.17) is 0 Å². The number of pyridine rings is 1. The van der Waals surface area contributed by atoms with Gasteiger partial charge in [-0.3, -0.25) is 4.98 Å². The number of nitrogens with zero attached hydrogens (tertiary/aromatic N) is 3. The fraction of sp³-hybridized carbons (Fsp3) is 0.188. The lowest BCUT2D eigenvalue weighted by Gasteiger charge is -2.10. The third-order valence-electron chi connectivity index (χ3n) is 2.76. The maximum Gasteiger partial charge on any atom is 0.339 e. The van der Waals surface area contributed by atoms with E-state index in [2.05, 4.69) is 25.7 Å². The van der Waals surface area contributed by atoms with Crippen LogP contribution in [-0.2, 0) is 6.54 Å². The largest absolute Gasteiger partial charge is 0.339 e. The highest BCUT2D eigenvalue weighted by atomic mass is 16.2. The fourth-order valence-corrected chi connectivity index (χ4v) is 1.83. The number of carbonyl (C=O) groups is 1. The number of hydrogen-bond acceptors (Lipinski definition) is 4. The van der Waals surface area contributed by atoms with Crippen LogP contribution in [0.2, 0.25) is 0 Å². The van der Waals surface area contributed by atoms with Crippen molar-refractivity contribution in [2.75, 3.05) is 19.4 Å². The van der Waals surface area contributed by atoms with Crippen LogP contribution in [0, 0.1) is 0 Å². The standard InChI is InChI=1S/C16H19N5O/c1-21(2)12-13-6-8-14(9-7-13)19-16(22)20-18-11-15-5-3-4-10-17-15/h3-11H,12H2,1-2H3,(H2,19,20,22)/b18-11+. The Hall–Kier alpha value is -2.73. The minimum Gasteiger partial charge on any atom is -0.307 e. The summed E-state index contributed by atoms with van der Waals surface area (Å²) in [5.74, 6) is 0. The van der Waals surface area contributed by atoms with Crippen molar-refractivity contribution in [3.8, 4) is 0 Å². The van der Waals surface area contributed by atoms with Gasteiger partial charge < -0.3 is 10.2 Å². The highest BCUT2D eigenvalue weighted by Gasteiger charge is 2.00. The number of hydrogen-bond donors (Lipinski definition) is 2. The Kier molecular flexibility index (Phi) is 5.62. The van der Waals surface area contributed by atoms with Crippen LogP contribution in [-0.4, -0.2) is 36.2 Å². The second kappa shape index (κ2) is 7.90. The van der Waals surface area contributed by atoms with Gasteiger partial charge in [0, 0.05) is 18.4 Å². The van der Waals surface area contributed by atoms with Crippen molar-refractivity contribution in [3.05, 3.63) is 59.9 Å². The Labute approximate surface area is 129 Å². The summed E-state index contributed by atoms with van der Waals surface area (Å²) in [6.45, 7) is 0.862. The van der Waals surface area contributed by atoms with Gasteiger partial charge in [0.2, 0.25) is 0 Å². The van der Waals surface area contributed by atoms with Gasteiger partial charge in [0.1, 0.15) is 0 Å². The molecule has 2 amide bonds. The van der Waals surface area contributed by atoms with E-state index in [-0.39, 0.29) is 0 Å². The average Bonchev–Trinajstić information content (AvgIpc) is 2.50. The summed E-state index contributed by atoms with van der Waals surface area (Å²) >= 11 is 0. The Morgan fingerprint density at radius 3 is 2.64 bits per heavy atom. The molecule has 0 atom stereocenters. The Bertz CT molecular complexity index is 623. The first-order valence-electron chi connectivity index (χ1n) is 6.88. The quantitative estimate of drug-likeness (QED) is 0.657. The van der Waals surface area contributed by atoms with E-state index in [0.717, 1.165) is 6.54 Å². The van der Waals surface area contributed by atoms with Gasteiger partial charge in [-0.1, -0.05) is 18.2 Å². The van der Waals surface area contributed by atoms with Gasteiger partial charge in [0.25, 0.3) is 0 Å². The molecule has 0 aliphatic heterocycles. The predicted octanol–water partition coefficient (Wildman–Crippen LogP) is 2.30. The van der Waals surface area contributed by atoms with Gasteiger partial charge in [0.05, 0.1) is 11.9 Å². The normalized spacial score (nSPS) is 10.9. The molecule has 0 radical (unpaired) electrons. The second-order valence-electron chi connectivity index (χ2n) is 5.01. The zero-order valence-electron chi connectivity index (χ0n) is 12.7. The molecule has 2 N–H and O–H groups in total. The number of urea groups is 1. The molecule has 1 aromatic heterocycles. The maximum atomic E-state index is 11.7. The highest BCUT2D eigenvalue weighted by Crippen LogP contribution is 2.10. The van der Waals surface area contributed by atoms with Gasteiger partial charge in [-0.2, -0.15) is 5.10 Å². The molecule has 0 unspecified atom stereocenters. The lowest BCUT2D eigenvalue weighted by atomic mass is 10.2. The smallest absolute Gasteiger partial charge is 0.307 e. The lowest BCUT2D eigenvalue weighted by molar-refractivity contribution is 0.252. The first-order chi connectivity index (χ1) is 10.6. The van der Waals surface area contributed by atoms with E-state index in [0.29, 0.717) is 11.4 Å². The van der Waals surface area contributed by atoms with Crippen molar-refractivity contribution in [1.82, 2.24) is 15.3 Å². The van der Waals surface area contributed by atoms with E-state index in [9.17, 15) is 4.79 Å². The maximum absolute atomic E-state index is 11.7. The molecule has 0 fully saturated rings. The first kappa shape index (κ1) is 15.7. The number of anilines is 1. The van der Waals surface area contributed by atoms with Gasteiger partial charge in [0.15, 0.2) is 0 Å². The topological polar surface area (TPSA) is 69.6 Å². The second-order valence-corrected chi connectivity index (χ2v) is 5.01.